The zero-order valence-electron chi connectivity index (χ0n) is 9.09. The van der Waals surface area contributed by atoms with Crippen molar-refractivity contribution in [1.82, 2.24) is 19.9 Å². The largest absolute Gasteiger partial charge is 0.354 e. The number of halogens is 1. The second-order valence-electron chi connectivity index (χ2n) is 3.01. The predicted molar refractivity (Wildman–Crippen MR) is 70.1 cm³/mol. The fourth-order valence-electron chi connectivity index (χ4n) is 1.09. The van der Waals surface area contributed by atoms with Crippen molar-refractivity contribution in [3.05, 3.63) is 29.1 Å². The van der Waals surface area contributed by atoms with E-state index in [1.165, 1.54) is 11.8 Å². The molecule has 17 heavy (non-hydrogen) atoms. The zero-order valence-corrected chi connectivity index (χ0v) is 11.5. The Morgan fingerprint density at radius 3 is 2.76 bits per heavy atom. The predicted octanol–water partition coefficient (Wildman–Crippen LogP) is 2.61. The van der Waals surface area contributed by atoms with Crippen molar-refractivity contribution in [3.8, 4) is 0 Å². The summed E-state index contributed by atoms with van der Waals surface area (Å²) in [6.45, 7) is 2.78. The maximum Gasteiger partial charge on any atom is 0.223 e. The van der Waals surface area contributed by atoms with Crippen molar-refractivity contribution in [3.63, 3.8) is 0 Å². The van der Waals surface area contributed by atoms with Crippen LogP contribution in [0, 0.1) is 0 Å². The van der Waals surface area contributed by atoms with Crippen LogP contribution in [-0.4, -0.2) is 26.5 Å². The van der Waals surface area contributed by atoms with E-state index in [0.717, 1.165) is 16.0 Å². The summed E-state index contributed by atoms with van der Waals surface area (Å²) in [7, 11) is 0. The van der Waals surface area contributed by atoms with Gasteiger partial charge in [0.2, 0.25) is 5.95 Å². The van der Waals surface area contributed by atoms with Crippen LogP contribution in [0.3, 0.4) is 0 Å². The topological polar surface area (TPSA) is 63.6 Å². The SMILES string of the molecule is CCNc1ncc(Br)c(Sc2ncccn2)n1. The van der Waals surface area contributed by atoms with Gasteiger partial charge in [-0.25, -0.2) is 19.9 Å². The van der Waals surface area contributed by atoms with Crippen LogP contribution in [0.25, 0.3) is 0 Å². The minimum Gasteiger partial charge on any atom is -0.354 e. The monoisotopic (exact) mass is 311 g/mol. The molecule has 2 rings (SSSR count). The third-order valence-corrected chi connectivity index (χ3v) is 3.52. The molecule has 0 radical (unpaired) electrons. The number of nitrogens with zero attached hydrogens (tertiary/aromatic N) is 4. The fourth-order valence-corrected chi connectivity index (χ4v) is 2.21. The van der Waals surface area contributed by atoms with Crippen LogP contribution in [0.1, 0.15) is 6.92 Å². The van der Waals surface area contributed by atoms with Crippen LogP contribution in [-0.2, 0) is 0 Å². The van der Waals surface area contributed by atoms with E-state index < -0.39 is 0 Å². The lowest BCUT2D eigenvalue weighted by Crippen LogP contribution is -2.02. The van der Waals surface area contributed by atoms with Crippen LogP contribution < -0.4 is 5.32 Å². The summed E-state index contributed by atoms with van der Waals surface area (Å²) in [5, 5.41) is 4.52. The Morgan fingerprint density at radius 1 is 1.29 bits per heavy atom. The van der Waals surface area contributed by atoms with Crippen molar-refractivity contribution in [2.45, 2.75) is 17.1 Å². The molecule has 0 atom stereocenters. The van der Waals surface area contributed by atoms with Gasteiger partial charge in [0.05, 0.1) is 4.47 Å². The molecular weight excluding hydrogens is 302 g/mol. The third kappa shape index (κ3) is 3.37. The number of hydrogen-bond acceptors (Lipinski definition) is 6. The van der Waals surface area contributed by atoms with Gasteiger partial charge < -0.3 is 5.32 Å². The Morgan fingerprint density at radius 2 is 2.06 bits per heavy atom. The Balaban J connectivity index is 2.22. The van der Waals surface area contributed by atoms with Gasteiger partial charge in [0, 0.05) is 25.1 Å². The summed E-state index contributed by atoms with van der Waals surface area (Å²) >= 11 is 4.80. The first-order valence-corrected chi connectivity index (χ1v) is 6.62. The van der Waals surface area contributed by atoms with Crippen molar-refractivity contribution in [2.24, 2.45) is 0 Å². The number of hydrogen-bond donors (Lipinski definition) is 1. The van der Waals surface area contributed by atoms with Gasteiger partial charge in [-0.3, -0.25) is 0 Å². The molecule has 0 spiro atoms. The molecule has 0 aromatic carbocycles. The highest BCUT2D eigenvalue weighted by atomic mass is 79.9. The first-order valence-electron chi connectivity index (χ1n) is 5.01. The van der Waals surface area contributed by atoms with Crippen molar-refractivity contribution in [2.75, 3.05) is 11.9 Å². The Bertz CT molecular complexity index is 493. The van der Waals surface area contributed by atoms with E-state index in [0.29, 0.717) is 11.1 Å². The molecule has 7 heteroatoms. The highest BCUT2D eigenvalue weighted by Crippen LogP contribution is 2.29. The summed E-state index contributed by atoms with van der Waals surface area (Å²) in [5.41, 5.74) is 0. The summed E-state index contributed by atoms with van der Waals surface area (Å²) in [6.07, 6.45) is 5.13. The Kier molecular flexibility index (Phi) is 4.27. The third-order valence-electron chi connectivity index (χ3n) is 1.78. The van der Waals surface area contributed by atoms with Gasteiger partial charge in [0.25, 0.3) is 0 Å². The molecule has 2 heterocycles. The Hall–Kier alpha value is -1.21. The van der Waals surface area contributed by atoms with Crippen molar-refractivity contribution >= 4 is 33.6 Å². The maximum atomic E-state index is 4.37. The minimum atomic E-state index is 0.606. The lowest BCUT2D eigenvalue weighted by molar-refractivity contribution is 0.948. The smallest absolute Gasteiger partial charge is 0.223 e. The molecule has 0 fully saturated rings. The first-order chi connectivity index (χ1) is 8.29. The molecule has 0 bridgehead atoms. The van der Waals surface area contributed by atoms with Gasteiger partial charge in [0.15, 0.2) is 5.16 Å². The van der Waals surface area contributed by atoms with Crippen LogP contribution in [0.15, 0.2) is 39.3 Å². The number of anilines is 1. The first kappa shape index (κ1) is 12.3. The van der Waals surface area contributed by atoms with Crippen LogP contribution in [0.2, 0.25) is 0 Å². The lowest BCUT2D eigenvalue weighted by Gasteiger charge is -2.05. The minimum absolute atomic E-state index is 0.606. The van der Waals surface area contributed by atoms with Crippen LogP contribution in [0.5, 0.6) is 0 Å². The Labute approximate surface area is 112 Å². The molecular formula is C10H10BrN5S. The average molecular weight is 312 g/mol. The van der Waals surface area contributed by atoms with E-state index in [4.69, 9.17) is 0 Å². The van der Waals surface area contributed by atoms with Gasteiger partial charge in [-0.2, -0.15) is 0 Å². The normalized spacial score (nSPS) is 10.2. The average Bonchev–Trinajstić information content (AvgIpc) is 2.35. The maximum absolute atomic E-state index is 4.37. The summed E-state index contributed by atoms with van der Waals surface area (Å²) in [6, 6.07) is 1.78. The van der Waals surface area contributed by atoms with E-state index in [1.807, 2.05) is 6.92 Å². The molecule has 0 aliphatic rings. The molecule has 1 N–H and O–H groups in total. The lowest BCUT2D eigenvalue weighted by atomic mass is 10.6. The number of rotatable bonds is 4. The number of aromatic nitrogens is 4. The van der Waals surface area contributed by atoms with Gasteiger partial charge in [-0.15, -0.1) is 0 Å². The van der Waals surface area contributed by atoms with Gasteiger partial charge in [-0.05, 0) is 40.7 Å². The highest BCUT2D eigenvalue weighted by Gasteiger charge is 2.08. The van der Waals surface area contributed by atoms with Crippen molar-refractivity contribution < 1.29 is 0 Å². The van der Waals surface area contributed by atoms with E-state index in [9.17, 15) is 0 Å². The van der Waals surface area contributed by atoms with E-state index in [1.54, 1.807) is 24.7 Å². The summed E-state index contributed by atoms with van der Waals surface area (Å²) in [4.78, 5) is 16.8. The zero-order chi connectivity index (χ0) is 12.1. The van der Waals surface area contributed by atoms with E-state index in [2.05, 4.69) is 41.2 Å². The molecule has 0 amide bonds. The molecule has 2 aromatic heterocycles. The highest BCUT2D eigenvalue weighted by molar-refractivity contribution is 9.10. The van der Waals surface area contributed by atoms with Crippen molar-refractivity contribution in [1.29, 1.82) is 0 Å². The van der Waals surface area contributed by atoms with Gasteiger partial charge in [0.1, 0.15) is 5.03 Å². The molecule has 0 aliphatic carbocycles. The molecule has 5 nitrogen and oxygen atoms in total. The molecule has 0 saturated heterocycles. The van der Waals surface area contributed by atoms with Crippen LogP contribution >= 0.6 is 27.7 Å². The van der Waals surface area contributed by atoms with Crippen LogP contribution in [0.4, 0.5) is 5.95 Å². The molecule has 0 aliphatic heterocycles. The second kappa shape index (κ2) is 5.92. The second-order valence-corrected chi connectivity index (χ2v) is 4.82. The van der Waals surface area contributed by atoms with E-state index >= 15 is 0 Å². The molecule has 0 unspecified atom stereocenters. The fraction of sp³-hybridized carbons (Fsp3) is 0.200. The van der Waals surface area contributed by atoms with Gasteiger partial charge in [-0.1, -0.05) is 0 Å². The standard InChI is InChI=1S/C10H10BrN5S/c1-2-12-9-15-6-7(11)8(16-9)17-10-13-4-3-5-14-10/h3-6H,2H2,1H3,(H,12,15,16). The molecule has 88 valence electrons. The van der Waals surface area contributed by atoms with Gasteiger partial charge >= 0.3 is 0 Å². The molecule has 0 saturated carbocycles. The number of nitrogens with one attached hydrogen (secondary N) is 1. The summed E-state index contributed by atoms with van der Waals surface area (Å²) in [5.74, 6) is 0.606. The molecule has 2 aromatic rings. The quantitative estimate of drug-likeness (QED) is 0.691. The van der Waals surface area contributed by atoms with E-state index in [-0.39, 0.29) is 0 Å². The summed E-state index contributed by atoms with van der Waals surface area (Å²) < 4.78 is 0.830.